The third-order valence-corrected chi connectivity index (χ3v) is 26.3. The smallest absolute Gasteiger partial charge is 0.364 e. The Morgan fingerprint density at radius 3 is 1.10 bits per heavy atom. The van der Waals surface area contributed by atoms with Gasteiger partial charge in [-0.05, 0) is 6.92 Å². The first-order valence-electron chi connectivity index (χ1n) is 46.1. The minimum Gasteiger partial charge on any atom is -0.477 e. The Labute approximate surface area is 821 Å². The molecule has 11 heterocycles. The first-order valence-corrected chi connectivity index (χ1v) is 46.1. The molecule has 11 aliphatic heterocycles. The predicted octanol–water partition coefficient (Wildman–Crippen LogP) is -23.9. The van der Waals surface area contributed by atoms with Gasteiger partial charge in [-0.15, -0.1) is 0 Å². The number of hydrogen-bond donors (Lipinski definition) is 36. The molecule has 0 aliphatic carbocycles. The van der Waals surface area contributed by atoms with E-state index in [0.717, 1.165) is 48.5 Å². The summed E-state index contributed by atoms with van der Waals surface area (Å²) < 4.78 is 128. The van der Waals surface area contributed by atoms with Gasteiger partial charge in [0.1, 0.15) is 256 Å². The van der Waals surface area contributed by atoms with E-state index in [4.69, 9.17) is 99.5 Å². The van der Waals surface area contributed by atoms with Crippen molar-refractivity contribution < 1.29 is 286 Å². The summed E-state index contributed by atoms with van der Waals surface area (Å²) >= 11 is 0. The van der Waals surface area contributed by atoms with Crippen molar-refractivity contribution in [2.75, 3.05) is 66.1 Å². The second-order valence-electron chi connectivity index (χ2n) is 36.7. The standard InChI is InChI=1S/C81H134N6O58/c1-19-43(104)54(115)57(118)75(127-19)141-66-42(87-25(7)101)74(133-34(16-95)64(66)140-76-58(119)55(116)48(109)36(136-76)18-126-81(80(123)124)8-26(102)37(82-20(2)96)65(145-81)44(105)27(103)9-88)144-69-59(120)63(138-71-39(84-22(4)98)50(111)45(106)28(10-89)129-71)33(15-94)134-79(69)142-67-49(110)35(17-125-78-68(56(117)47(108)30(12-91)131-78)143-72-40(85-23(5)99)51(112)46(107)29(11-90)130-72)135-77(60(67)121)139-62-32(14-93)132-73(41(53(62)114)86-24(6)100)137-61-31(13-92)128-70(122)38(52(61)113)83-21(3)97/h19,26-79,88-95,102-122H,8-18H2,1-7H3,(H,82,96)(H,83,97)(H,84,98)(H,85,99)(H,86,100)(H,87,101)(H,123,124)/t19-,26-,27+,28+,29+,30+,31+,32+,33+,34+,35+,36+,37+,38+,39+,40+,41+,42+,43+,44+,45+,46+,47+,48-,49+,50+,51+,52+,53+,54+,55-,56-,57-,58+,59-,60-,61+,62+,63+,64+,65+,66+,67-,68-,69-,70+,71-,72-,73-,74-,75-,76-,77-,78-,79+,81+/m0/s1. The second-order valence-corrected chi connectivity index (χ2v) is 36.7. The Kier molecular flexibility index (Phi) is 42.7. The normalized spacial score (nSPS) is 47.2. The lowest BCUT2D eigenvalue weighted by molar-refractivity contribution is -0.409. The van der Waals surface area contributed by atoms with Gasteiger partial charge in [-0.25, -0.2) is 4.79 Å². The number of aliphatic hydroxyl groups is 29. The van der Waals surface area contributed by atoms with Gasteiger partial charge in [-0.2, -0.15) is 0 Å². The van der Waals surface area contributed by atoms with Gasteiger partial charge in [-0.1, -0.05) is 0 Å². The highest BCUT2D eigenvalue weighted by atomic mass is 16.8. The van der Waals surface area contributed by atoms with E-state index in [1.165, 1.54) is 0 Å². The van der Waals surface area contributed by atoms with Crippen LogP contribution in [0.15, 0.2) is 0 Å². The fourth-order valence-corrected chi connectivity index (χ4v) is 18.8. The van der Waals surface area contributed by atoms with Crippen LogP contribution in [0.4, 0.5) is 0 Å². The van der Waals surface area contributed by atoms with E-state index in [0.29, 0.717) is 0 Å². The van der Waals surface area contributed by atoms with Crippen LogP contribution < -0.4 is 31.9 Å². The quantitative estimate of drug-likeness (QED) is 0.0272. The van der Waals surface area contributed by atoms with Crippen LogP contribution in [0, 0.1) is 0 Å². The maximum Gasteiger partial charge on any atom is 0.364 e. The van der Waals surface area contributed by atoms with E-state index >= 15 is 0 Å². The number of carbonyl (C=O) groups excluding carboxylic acids is 6. The van der Waals surface area contributed by atoms with Crippen molar-refractivity contribution in [3.05, 3.63) is 0 Å². The van der Waals surface area contributed by atoms with Crippen molar-refractivity contribution in [3.63, 3.8) is 0 Å². The number of nitrogens with one attached hydrogen (secondary N) is 6. The lowest BCUT2D eigenvalue weighted by atomic mass is 9.88. The molecule has 0 aromatic rings. The van der Waals surface area contributed by atoms with Crippen LogP contribution in [0.2, 0.25) is 0 Å². The van der Waals surface area contributed by atoms with Crippen molar-refractivity contribution >= 4 is 41.4 Å². The molecule has 0 bridgehead atoms. The van der Waals surface area contributed by atoms with E-state index in [-0.39, 0.29) is 0 Å². The number of ether oxygens (including phenoxy) is 21. The lowest BCUT2D eigenvalue weighted by Crippen LogP contribution is -2.72. The highest BCUT2D eigenvalue weighted by molar-refractivity contribution is 5.77. The van der Waals surface area contributed by atoms with E-state index in [2.05, 4.69) is 31.9 Å². The number of carboxylic acids is 1. The number of aliphatic hydroxyl groups excluding tert-OH is 29. The number of carbonyl (C=O) groups is 7. The zero-order valence-electron chi connectivity index (χ0n) is 78.4. The summed E-state index contributed by atoms with van der Waals surface area (Å²) in [5.74, 6) is -11.2. The number of amides is 6. The molecular weight excluding hydrogens is 1980 g/mol. The van der Waals surface area contributed by atoms with E-state index < -0.39 is 457 Å². The third-order valence-electron chi connectivity index (χ3n) is 26.3. The van der Waals surface area contributed by atoms with Crippen molar-refractivity contribution in [3.8, 4) is 0 Å². The lowest BCUT2D eigenvalue weighted by Gasteiger charge is -2.53. The minimum atomic E-state index is -3.21. The van der Waals surface area contributed by atoms with Crippen LogP contribution in [0.3, 0.4) is 0 Å². The molecule has 0 radical (unpaired) electrons. The topological polar surface area (TPSA) is 992 Å². The summed E-state index contributed by atoms with van der Waals surface area (Å²) in [6, 6.07) is -11.7. The fourth-order valence-electron chi connectivity index (χ4n) is 18.8. The molecule has 836 valence electrons. The first kappa shape index (κ1) is 120. The molecule has 0 saturated carbocycles. The molecule has 56 atom stereocenters. The Bertz CT molecular complexity index is 4150. The maximum absolute atomic E-state index is 14.1. The van der Waals surface area contributed by atoms with Gasteiger partial charge in [0.25, 0.3) is 5.79 Å². The van der Waals surface area contributed by atoms with Crippen molar-refractivity contribution in [1.29, 1.82) is 0 Å². The Balaban J connectivity index is 1.01. The van der Waals surface area contributed by atoms with Crippen molar-refractivity contribution in [2.45, 2.75) is 398 Å². The van der Waals surface area contributed by atoms with Crippen LogP contribution in [0.25, 0.3) is 0 Å². The van der Waals surface area contributed by atoms with Crippen molar-refractivity contribution in [1.82, 2.24) is 31.9 Å². The molecule has 0 unspecified atom stereocenters. The SMILES string of the molecule is CC(=O)N[C@@H]1[C@@H](O)[C@H](O[C@@H]2O[C@H](CO)[C@@H](O[C@@H]3O[C@H](CO[C@H]4O[C@H](CO)[C@@H](O)[C@H](O)[C@@H]4O[C@@H]4O[C@H](CO)[C@@H](O)[C@H](O)[C@H]4NC(C)=O)[C@@H](O)[C@H](O[C@H]4O[C@H](CO)[C@@H](O[C@@H]5O[C@H](CO)[C@@H](O)[C@H](O)[C@H]5NC(C)=O)[C@H](O)[C@@H]4O[C@@H]4O[C@H](CO)[C@@H](O[C@@H]5O[C@H](CO[C@]6(C(=O)O)C[C@H](O)[C@@H](NC(C)=O)[C@H]([C@H](O)[C@H](O)CO)O6)[C@H](O)[C@H](O)[C@H]5O)[C@H](O[C@@H]5O[C@@H](C)[C@@H](O)[C@@H](O)[C@@H]5O)[C@H]4NC(C)=O)[C@@H]3O)[C@H](O)[C@H]2NC(C)=O)[C@@H](CO)O[C@H]1O. The highest BCUT2D eigenvalue weighted by Gasteiger charge is 2.65. The molecule has 0 aromatic heterocycles. The summed E-state index contributed by atoms with van der Waals surface area (Å²) in [6.45, 7) is -5.90. The largest absolute Gasteiger partial charge is 0.477 e. The third kappa shape index (κ3) is 26.9. The van der Waals surface area contributed by atoms with E-state index in [9.17, 15) is 187 Å². The molecule has 11 aliphatic rings. The fraction of sp³-hybridized carbons (Fsp3) is 0.914. The van der Waals surface area contributed by atoms with Gasteiger partial charge in [0.05, 0.1) is 84.3 Å². The van der Waals surface area contributed by atoms with Gasteiger partial charge < -0.3 is 285 Å². The van der Waals surface area contributed by atoms with Gasteiger partial charge in [0.2, 0.25) is 35.4 Å². The average molecular weight is 2120 g/mol. The van der Waals surface area contributed by atoms with Crippen LogP contribution in [0.1, 0.15) is 54.9 Å². The van der Waals surface area contributed by atoms with E-state index in [1.807, 2.05) is 0 Å². The summed E-state index contributed by atoms with van der Waals surface area (Å²) in [4.78, 5) is 91.0. The van der Waals surface area contributed by atoms with Crippen LogP contribution in [-0.4, -0.2) is 604 Å². The number of rotatable bonds is 39. The molecule has 6 amide bonds. The van der Waals surface area contributed by atoms with Gasteiger partial charge in [0.15, 0.2) is 62.9 Å². The first-order chi connectivity index (χ1) is 68.4. The summed E-state index contributed by atoms with van der Waals surface area (Å²) in [7, 11) is 0. The zero-order valence-corrected chi connectivity index (χ0v) is 78.4. The number of hydrogen-bond acceptors (Lipinski definition) is 57. The zero-order chi connectivity index (χ0) is 107. The molecule has 11 fully saturated rings. The monoisotopic (exact) mass is 2120 g/mol. The number of carboxylic acid groups (broad SMARTS) is 1. The molecule has 36 N–H and O–H groups in total. The van der Waals surface area contributed by atoms with Crippen LogP contribution in [-0.2, 0) is 133 Å². The summed E-state index contributed by atoms with van der Waals surface area (Å²) in [5, 5.41) is 356. The van der Waals surface area contributed by atoms with Gasteiger partial charge in [-0.3, -0.25) is 28.8 Å². The Hall–Kier alpha value is -5.71. The van der Waals surface area contributed by atoms with E-state index in [1.54, 1.807) is 0 Å². The second kappa shape index (κ2) is 51.8. The molecule has 64 heteroatoms. The molecular formula is C81H134N6O58. The average Bonchev–Trinajstić information content (AvgIpc) is 0.764. The molecule has 64 nitrogen and oxygen atoms in total. The van der Waals surface area contributed by atoms with Crippen molar-refractivity contribution in [2.24, 2.45) is 0 Å². The summed E-state index contributed by atoms with van der Waals surface area (Å²) in [6.07, 6.45) is -112. The maximum atomic E-state index is 14.1. The molecule has 0 aromatic carbocycles. The Morgan fingerprint density at radius 1 is 0.297 bits per heavy atom. The van der Waals surface area contributed by atoms with Gasteiger partial charge >= 0.3 is 5.97 Å². The Morgan fingerprint density at radius 2 is 0.628 bits per heavy atom. The van der Waals surface area contributed by atoms with Gasteiger partial charge in [0, 0.05) is 48.0 Å². The predicted molar refractivity (Wildman–Crippen MR) is 448 cm³/mol. The molecule has 145 heavy (non-hydrogen) atoms. The molecule has 11 saturated heterocycles. The number of aliphatic carboxylic acids is 1. The summed E-state index contributed by atoms with van der Waals surface area (Å²) in [5.41, 5.74) is 0. The van der Waals surface area contributed by atoms with Crippen LogP contribution >= 0.6 is 0 Å². The molecule has 11 rings (SSSR count). The van der Waals surface area contributed by atoms with Crippen LogP contribution in [0.5, 0.6) is 0 Å². The minimum absolute atomic E-state index is 0.802. The molecule has 0 spiro atoms. The highest BCUT2D eigenvalue weighted by Crippen LogP contribution is 2.44.